The van der Waals surface area contributed by atoms with Crippen LogP contribution in [0.2, 0.25) is 0 Å². The van der Waals surface area contributed by atoms with Gasteiger partial charge in [0.1, 0.15) is 5.82 Å². The number of pyridine rings is 1. The summed E-state index contributed by atoms with van der Waals surface area (Å²) in [6.45, 7) is 0. The fourth-order valence-electron chi connectivity index (χ4n) is 2.60. The van der Waals surface area contributed by atoms with E-state index in [0.717, 1.165) is 10.9 Å². The Morgan fingerprint density at radius 2 is 1.85 bits per heavy atom. The van der Waals surface area contributed by atoms with E-state index in [1.165, 1.54) is 18.6 Å². The molecule has 1 aromatic heterocycles. The lowest BCUT2D eigenvalue weighted by Gasteiger charge is -2.10. The summed E-state index contributed by atoms with van der Waals surface area (Å²) in [6, 6.07) is 15.1. The van der Waals surface area contributed by atoms with Crippen LogP contribution >= 0.6 is 0 Å². The topological polar surface area (TPSA) is 85.1 Å². The third-order valence-electron chi connectivity index (χ3n) is 3.89. The van der Waals surface area contributed by atoms with Crippen LogP contribution in [-0.4, -0.2) is 16.8 Å². The summed E-state index contributed by atoms with van der Waals surface area (Å²) in [5.41, 5.74) is 7.23. The second-order valence-corrected chi connectivity index (χ2v) is 5.80. The molecule has 0 unspecified atom stereocenters. The quantitative estimate of drug-likeness (QED) is 0.716. The maximum absolute atomic E-state index is 12.9. The number of benzene rings is 2. The minimum Gasteiger partial charge on any atom is -0.364 e. The van der Waals surface area contributed by atoms with Gasteiger partial charge in [0.15, 0.2) is 5.69 Å². The maximum atomic E-state index is 12.9. The van der Waals surface area contributed by atoms with E-state index < -0.39 is 5.91 Å². The van der Waals surface area contributed by atoms with Crippen LogP contribution in [0.15, 0.2) is 54.6 Å². The average Bonchev–Trinajstić information content (AvgIpc) is 2.62. The molecule has 0 spiro atoms. The lowest BCUT2D eigenvalue weighted by Crippen LogP contribution is -2.20. The number of hydrogen-bond acceptors (Lipinski definition) is 3. The molecule has 2 aromatic carbocycles. The van der Waals surface area contributed by atoms with E-state index in [-0.39, 0.29) is 23.1 Å². The van der Waals surface area contributed by atoms with Gasteiger partial charge in [0.2, 0.25) is 5.91 Å². The Balaban J connectivity index is 1.67. The largest absolute Gasteiger partial charge is 0.364 e. The lowest BCUT2D eigenvalue weighted by atomic mass is 10.1. The monoisotopic (exact) mass is 350 g/mol. The van der Waals surface area contributed by atoms with Gasteiger partial charge >= 0.3 is 0 Å². The van der Waals surface area contributed by atoms with Crippen molar-refractivity contribution >= 4 is 28.4 Å². The fourth-order valence-corrected chi connectivity index (χ4v) is 2.60. The molecule has 0 aliphatic heterocycles. The predicted molar refractivity (Wildman–Crippen MR) is 97.9 cm³/mol. The lowest BCUT2D eigenvalue weighted by molar-refractivity contribution is -0.113. The zero-order chi connectivity index (χ0) is 18.5. The van der Waals surface area contributed by atoms with E-state index in [1.807, 2.05) is 18.2 Å². The van der Waals surface area contributed by atoms with Gasteiger partial charge in [0.25, 0.3) is 5.91 Å². The first-order valence-corrected chi connectivity index (χ1v) is 8.11. The molecule has 26 heavy (non-hydrogen) atoms. The number of halogens is 1. The molecule has 3 rings (SSSR count). The highest BCUT2D eigenvalue weighted by molar-refractivity contribution is 6.06. The van der Waals surface area contributed by atoms with Gasteiger partial charge in [-0.2, -0.15) is 0 Å². The van der Waals surface area contributed by atoms with Crippen molar-refractivity contribution in [2.24, 2.45) is 5.73 Å². The van der Waals surface area contributed by atoms with Crippen LogP contribution < -0.4 is 11.1 Å². The first-order chi connectivity index (χ1) is 12.5. The minimum atomic E-state index is -0.711. The van der Waals surface area contributed by atoms with Crippen LogP contribution in [0.4, 0.5) is 10.1 Å². The summed E-state index contributed by atoms with van der Waals surface area (Å²) < 4.78 is 12.9. The van der Waals surface area contributed by atoms with Crippen molar-refractivity contribution in [3.63, 3.8) is 0 Å². The van der Waals surface area contributed by atoms with Gasteiger partial charge in [-0.15, -0.1) is 0 Å². The number of nitrogens with one attached hydrogen (secondary N) is 1. The van der Waals surface area contributed by atoms with Crippen LogP contribution in [-0.2, 0) is 11.2 Å². The van der Waals surface area contributed by atoms with Crippen LogP contribution in [0.25, 0.3) is 10.9 Å². The van der Waals surface area contributed by atoms with Gasteiger partial charge < -0.3 is 11.1 Å². The number of rotatable bonds is 6. The van der Waals surface area contributed by atoms with Gasteiger partial charge in [0, 0.05) is 5.39 Å². The number of nitrogens with zero attached hydrogens (tertiary/aromatic N) is 1. The standard InChI is InChI=1S/C20H17FN3O2/c21-15-10-8-13(9-11-15)4-3-7-18(25)23-17-12-14-5-1-2-6-16(14)24-19(17)20(22)26/h1-2,5-12H,3-4H2,(H2,22,26)(H,23,25). The number of aromatic nitrogens is 1. The number of hydrogen-bond donors (Lipinski definition) is 2. The number of carbonyl (C=O) groups excluding carboxylic acids is 2. The van der Waals surface area contributed by atoms with E-state index in [0.29, 0.717) is 18.4 Å². The van der Waals surface area contributed by atoms with E-state index >= 15 is 0 Å². The third kappa shape index (κ3) is 4.22. The van der Waals surface area contributed by atoms with E-state index in [4.69, 9.17) is 5.73 Å². The Morgan fingerprint density at radius 1 is 1.12 bits per heavy atom. The summed E-state index contributed by atoms with van der Waals surface area (Å²) in [5.74, 6) is -1.36. The molecule has 5 nitrogen and oxygen atoms in total. The molecular weight excluding hydrogens is 333 g/mol. The van der Waals surface area contributed by atoms with Crippen molar-refractivity contribution in [3.05, 3.63) is 78.1 Å². The Labute approximate surface area is 150 Å². The number of nitrogens with two attached hydrogens (primary N) is 1. The zero-order valence-electron chi connectivity index (χ0n) is 13.9. The molecule has 0 aliphatic carbocycles. The average molecular weight is 350 g/mol. The van der Waals surface area contributed by atoms with Crippen LogP contribution in [0.5, 0.6) is 0 Å². The molecule has 131 valence electrons. The van der Waals surface area contributed by atoms with Crippen LogP contribution in [0.3, 0.4) is 0 Å². The number of fused-ring (bicyclic) bond motifs is 1. The van der Waals surface area contributed by atoms with E-state index in [1.54, 1.807) is 24.3 Å². The Morgan fingerprint density at radius 3 is 2.58 bits per heavy atom. The predicted octanol–water partition coefficient (Wildman–Crippen LogP) is 3.25. The molecule has 0 aliphatic rings. The van der Waals surface area contributed by atoms with Crippen molar-refractivity contribution in [1.82, 2.24) is 4.98 Å². The van der Waals surface area contributed by atoms with Crippen molar-refractivity contribution in [2.45, 2.75) is 12.8 Å². The minimum absolute atomic E-state index is 0.0176. The number of aryl methyl sites for hydroxylation is 1. The first-order valence-electron chi connectivity index (χ1n) is 8.11. The highest BCUT2D eigenvalue weighted by Crippen LogP contribution is 2.21. The first kappa shape index (κ1) is 17.5. The summed E-state index contributed by atoms with van der Waals surface area (Å²) in [7, 11) is 0. The van der Waals surface area contributed by atoms with Gasteiger partial charge in [-0.25, -0.2) is 9.37 Å². The fraction of sp³-hybridized carbons (Fsp3) is 0.100. The molecule has 0 saturated carbocycles. The number of primary amides is 1. The zero-order valence-corrected chi connectivity index (χ0v) is 13.9. The van der Waals surface area contributed by atoms with Gasteiger partial charge in [-0.3, -0.25) is 9.59 Å². The molecule has 0 atom stereocenters. The molecule has 3 aromatic rings. The third-order valence-corrected chi connectivity index (χ3v) is 3.89. The summed E-state index contributed by atoms with van der Waals surface area (Å²) in [4.78, 5) is 28.0. The van der Waals surface area contributed by atoms with E-state index in [9.17, 15) is 14.0 Å². The number of carbonyl (C=O) groups is 2. The second kappa shape index (κ2) is 7.74. The van der Waals surface area contributed by atoms with Crippen LogP contribution in [0, 0.1) is 12.2 Å². The second-order valence-electron chi connectivity index (χ2n) is 5.80. The Kier molecular flexibility index (Phi) is 5.22. The molecule has 1 radical (unpaired) electrons. The molecule has 0 bridgehead atoms. The Hall–Kier alpha value is -3.28. The van der Waals surface area contributed by atoms with Crippen molar-refractivity contribution < 1.29 is 14.0 Å². The van der Waals surface area contributed by atoms with Gasteiger partial charge in [0.05, 0.1) is 17.6 Å². The maximum Gasteiger partial charge on any atom is 0.269 e. The van der Waals surface area contributed by atoms with Gasteiger partial charge in [-0.1, -0.05) is 30.3 Å². The van der Waals surface area contributed by atoms with Gasteiger partial charge in [-0.05, 0) is 42.7 Å². The molecule has 1 heterocycles. The van der Waals surface area contributed by atoms with Crippen molar-refractivity contribution in [3.8, 4) is 0 Å². The molecule has 0 fully saturated rings. The molecule has 3 N–H and O–H groups in total. The molecule has 6 heteroatoms. The summed E-state index contributed by atoms with van der Waals surface area (Å²) >= 11 is 0. The highest BCUT2D eigenvalue weighted by atomic mass is 19.1. The Bertz CT molecular complexity index is 955. The molecular formula is C20H17FN3O2. The van der Waals surface area contributed by atoms with Crippen molar-refractivity contribution in [1.29, 1.82) is 0 Å². The SMILES string of the molecule is NC(=O)c1nc2ccccc2cc1NC(=O)[CH]CCc1ccc(F)cc1. The number of anilines is 1. The molecule has 2 amide bonds. The smallest absolute Gasteiger partial charge is 0.269 e. The van der Waals surface area contributed by atoms with Crippen molar-refractivity contribution in [2.75, 3.05) is 5.32 Å². The highest BCUT2D eigenvalue weighted by Gasteiger charge is 2.14. The number of para-hydroxylation sites is 1. The van der Waals surface area contributed by atoms with Crippen LogP contribution in [0.1, 0.15) is 22.5 Å². The van der Waals surface area contributed by atoms with E-state index in [2.05, 4.69) is 10.3 Å². The summed E-state index contributed by atoms with van der Waals surface area (Å²) in [5, 5.41) is 3.45. The summed E-state index contributed by atoms with van der Waals surface area (Å²) in [6.07, 6.45) is 2.56. The normalized spacial score (nSPS) is 10.7. The number of amides is 2. The molecule has 0 saturated heterocycles.